The average Bonchev–Trinajstić information content (AvgIpc) is 2.38. The topological polar surface area (TPSA) is 26.3 Å². The fourth-order valence-corrected chi connectivity index (χ4v) is 1.72. The molecule has 2 rings (SSSR count). The maximum atomic E-state index is 12.2. The van der Waals surface area contributed by atoms with Crippen molar-refractivity contribution in [2.75, 3.05) is 7.11 Å². The Balaban J connectivity index is 2.36. The minimum Gasteiger partial charge on any atom is -0.497 e. The molecule has 0 unspecified atom stereocenters. The average molecular weight is 226 g/mol. The van der Waals surface area contributed by atoms with Crippen molar-refractivity contribution in [3.8, 4) is 5.75 Å². The first kappa shape index (κ1) is 11.4. The van der Waals surface area contributed by atoms with Gasteiger partial charge in [0.2, 0.25) is 0 Å². The first-order valence-electron chi connectivity index (χ1n) is 5.46. The second-order valence-corrected chi connectivity index (χ2v) is 3.93. The number of benzene rings is 2. The van der Waals surface area contributed by atoms with Crippen LogP contribution in [-0.2, 0) is 0 Å². The molecular formula is C15H14O2. The van der Waals surface area contributed by atoms with Crippen LogP contribution in [0.5, 0.6) is 5.75 Å². The number of ether oxygens (including phenoxy) is 1. The molecule has 2 heteroatoms. The third-order valence-electron chi connectivity index (χ3n) is 2.61. The number of methoxy groups -OCH3 is 1. The zero-order valence-electron chi connectivity index (χ0n) is 9.94. The van der Waals surface area contributed by atoms with E-state index in [-0.39, 0.29) is 5.78 Å². The van der Waals surface area contributed by atoms with Crippen LogP contribution in [0.1, 0.15) is 21.5 Å². The van der Waals surface area contributed by atoms with Crippen molar-refractivity contribution in [2.45, 2.75) is 6.92 Å². The summed E-state index contributed by atoms with van der Waals surface area (Å²) in [6.45, 7) is 1.97. The molecule has 86 valence electrons. The van der Waals surface area contributed by atoms with Crippen LogP contribution in [0.4, 0.5) is 0 Å². The van der Waals surface area contributed by atoms with Crippen molar-refractivity contribution in [3.63, 3.8) is 0 Å². The number of ketones is 1. The molecule has 2 nitrogen and oxygen atoms in total. The molecule has 0 spiro atoms. The van der Waals surface area contributed by atoms with Crippen LogP contribution in [-0.4, -0.2) is 12.9 Å². The molecule has 0 heterocycles. The Morgan fingerprint density at radius 1 is 1.00 bits per heavy atom. The molecule has 0 saturated carbocycles. The van der Waals surface area contributed by atoms with Crippen molar-refractivity contribution < 1.29 is 9.53 Å². The molecule has 0 radical (unpaired) electrons. The summed E-state index contributed by atoms with van der Waals surface area (Å²) >= 11 is 0. The van der Waals surface area contributed by atoms with Crippen molar-refractivity contribution in [3.05, 3.63) is 65.2 Å². The van der Waals surface area contributed by atoms with Gasteiger partial charge in [-0.2, -0.15) is 0 Å². The number of carbonyl (C=O) groups is 1. The highest BCUT2D eigenvalue weighted by Crippen LogP contribution is 2.16. The van der Waals surface area contributed by atoms with E-state index in [1.807, 2.05) is 43.3 Å². The van der Waals surface area contributed by atoms with E-state index < -0.39 is 0 Å². The number of rotatable bonds is 3. The third-order valence-corrected chi connectivity index (χ3v) is 2.61. The Labute approximate surface area is 101 Å². The van der Waals surface area contributed by atoms with E-state index in [1.54, 1.807) is 19.2 Å². The van der Waals surface area contributed by atoms with Gasteiger partial charge in [0.05, 0.1) is 7.11 Å². The molecule has 0 aliphatic rings. The number of hydrogen-bond acceptors (Lipinski definition) is 2. The van der Waals surface area contributed by atoms with Crippen molar-refractivity contribution in [2.24, 2.45) is 0 Å². The first-order chi connectivity index (χ1) is 8.20. The lowest BCUT2D eigenvalue weighted by atomic mass is 10.0. The summed E-state index contributed by atoms with van der Waals surface area (Å²) < 4.78 is 5.11. The van der Waals surface area contributed by atoms with Gasteiger partial charge < -0.3 is 4.74 Å². The van der Waals surface area contributed by atoms with Crippen LogP contribution in [0.25, 0.3) is 0 Å². The SMILES string of the molecule is COc1cccc(C(=O)c2cccc(C)c2)c1. The van der Waals surface area contributed by atoms with Crippen molar-refractivity contribution >= 4 is 5.78 Å². The fourth-order valence-electron chi connectivity index (χ4n) is 1.72. The van der Waals surface area contributed by atoms with E-state index in [9.17, 15) is 4.79 Å². The van der Waals surface area contributed by atoms with Gasteiger partial charge in [-0.25, -0.2) is 0 Å². The number of carbonyl (C=O) groups excluding carboxylic acids is 1. The van der Waals surface area contributed by atoms with Gasteiger partial charge in [0, 0.05) is 11.1 Å². The molecule has 0 bridgehead atoms. The zero-order valence-corrected chi connectivity index (χ0v) is 9.94. The van der Waals surface area contributed by atoms with Gasteiger partial charge in [-0.05, 0) is 25.1 Å². The fraction of sp³-hybridized carbons (Fsp3) is 0.133. The summed E-state index contributed by atoms with van der Waals surface area (Å²) in [4.78, 5) is 12.2. The molecular weight excluding hydrogens is 212 g/mol. The van der Waals surface area contributed by atoms with E-state index in [0.29, 0.717) is 16.9 Å². The minimum absolute atomic E-state index is 0.0209. The van der Waals surface area contributed by atoms with E-state index >= 15 is 0 Å². The highest BCUT2D eigenvalue weighted by Gasteiger charge is 2.09. The molecule has 0 aromatic heterocycles. The largest absolute Gasteiger partial charge is 0.497 e. The van der Waals surface area contributed by atoms with Gasteiger partial charge in [-0.3, -0.25) is 4.79 Å². The summed E-state index contributed by atoms with van der Waals surface area (Å²) in [6.07, 6.45) is 0. The third kappa shape index (κ3) is 2.53. The van der Waals surface area contributed by atoms with Crippen LogP contribution < -0.4 is 4.74 Å². The van der Waals surface area contributed by atoms with Crippen LogP contribution in [0, 0.1) is 6.92 Å². The van der Waals surface area contributed by atoms with E-state index in [2.05, 4.69) is 0 Å². The molecule has 17 heavy (non-hydrogen) atoms. The predicted molar refractivity (Wildman–Crippen MR) is 67.6 cm³/mol. The quantitative estimate of drug-likeness (QED) is 0.751. The van der Waals surface area contributed by atoms with Gasteiger partial charge in [0.1, 0.15) is 5.75 Å². The summed E-state index contributed by atoms with van der Waals surface area (Å²) in [7, 11) is 1.59. The Kier molecular flexibility index (Phi) is 3.24. The first-order valence-corrected chi connectivity index (χ1v) is 5.46. The predicted octanol–water partition coefficient (Wildman–Crippen LogP) is 3.23. The summed E-state index contributed by atoms with van der Waals surface area (Å²) in [5, 5.41) is 0. The van der Waals surface area contributed by atoms with Crippen LogP contribution in [0.2, 0.25) is 0 Å². The molecule has 0 atom stereocenters. The molecule has 0 fully saturated rings. The molecule has 2 aromatic rings. The molecule has 0 aliphatic heterocycles. The lowest BCUT2D eigenvalue weighted by molar-refractivity contribution is 0.103. The Hall–Kier alpha value is -2.09. The molecule has 0 saturated heterocycles. The van der Waals surface area contributed by atoms with Crippen LogP contribution in [0.3, 0.4) is 0 Å². The summed E-state index contributed by atoms with van der Waals surface area (Å²) in [5.41, 5.74) is 2.44. The van der Waals surface area contributed by atoms with Gasteiger partial charge in [-0.1, -0.05) is 35.9 Å². The smallest absolute Gasteiger partial charge is 0.193 e. The standard InChI is InChI=1S/C15H14O2/c1-11-5-3-6-12(9-11)15(16)13-7-4-8-14(10-13)17-2/h3-10H,1-2H3. The van der Waals surface area contributed by atoms with Crippen molar-refractivity contribution in [1.29, 1.82) is 0 Å². The lowest BCUT2D eigenvalue weighted by Gasteiger charge is -2.04. The van der Waals surface area contributed by atoms with E-state index in [4.69, 9.17) is 4.74 Å². The second-order valence-electron chi connectivity index (χ2n) is 3.93. The van der Waals surface area contributed by atoms with Crippen LogP contribution in [0.15, 0.2) is 48.5 Å². The van der Waals surface area contributed by atoms with Gasteiger partial charge in [0.15, 0.2) is 5.78 Å². The van der Waals surface area contributed by atoms with Gasteiger partial charge in [0.25, 0.3) is 0 Å². The molecule has 0 N–H and O–H groups in total. The monoisotopic (exact) mass is 226 g/mol. The van der Waals surface area contributed by atoms with Crippen molar-refractivity contribution in [1.82, 2.24) is 0 Å². The van der Waals surface area contributed by atoms with E-state index in [1.165, 1.54) is 0 Å². The molecule has 0 aliphatic carbocycles. The lowest BCUT2D eigenvalue weighted by Crippen LogP contribution is -2.01. The van der Waals surface area contributed by atoms with Gasteiger partial charge in [-0.15, -0.1) is 0 Å². The minimum atomic E-state index is 0.0209. The Morgan fingerprint density at radius 2 is 1.65 bits per heavy atom. The number of hydrogen-bond donors (Lipinski definition) is 0. The highest BCUT2D eigenvalue weighted by molar-refractivity contribution is 6.09. The summed E-state index contributed by atoms with van der Waals surface area (Å²) in [5.74, 6) is 0.719. The maximum absolute atomic E-state index is 12.2. The summed E-state index contributed by atoms with van der Waals surface area (Å²) in [6, 6.07) is 14.8. The maximum Gasteiger partial charge on any atom is 0.193 e. The highest BCUT2D eigenvalue weighted by atomic mass is 16.5. The Bertz CT molecular complexity index is 544. The van der Waals surface area contributed by atoms with E-state index in [0.717, 1.165) is 5.56 Å². The molecule has 2 aromatic carbocycles. The number of aryl methyl sites for hydroxylation is 1. The zero-order chi connectivity index (χ0) is 12.3. The normalized spacial score (nSPS) is 10.0. The van der Waals surface area contributed by atoms with Crippen LogP contribution >= 0.6 is 0 Å². The van der Waals surface area contributed by atoms with Gasteiger partial charge >= 0.3 is 0 Å². The second kappa shape index (κ2) is 4.83. The molecule has 0 amide bonds. The Morgan fingerprint density at radius 3 is 2.29 bits per heavy atom.